The van der Waals surface area contributed by atoms with E-state index in [-0.39, 0.29) is 10.6 Å². The molecular formula is C18H30N2OS. The highest BCUT2D eigenvalue weighted by molar-refractivity contribution is 8.13. The molecule has 1 aromatic carbocycles. The highest BCUT2D eigenvalue weighted by atomic mass is 32.2. The minimum Gasteiger partial charge on any atom is -0.494 e. The summed E-state index contributed by atoms with van der Waals surface area (Å²) in [5, 5.41) is 7.31. The van der Waals surface area contributed by atoms with Crippen LogP contribution in [0.1, 0.15) is 53.0 Å². The van der Waals surface area contributed by atoms with E-state index in [1.165, 1.54) is 17.3 Å². The second kappa shape index (κ2) is 7.91. The zero-order chi connectivity index (χ0) is 16.8. The van der Waals surface area contributed by atoms with Crippen LogP contribution in [0.5, 0.6) is 5.75 Å². The Bertz CT molecular complexity index is 475. The first kappa shape index (κ1) is 18.9. The molecule has 0 saturated heterocycles. The molecule has 0 spiro atoms. The maximum Gasteiger partial charge on any atom is 0.151 e. The number of nitrogens with one attached hydrogen (secondary N) is 1. The van der Waals surface area contributed by atoms with E-state index in [4.69, 9.17) is 15.9 Å². The van der Waals surface area contributed by atoms with Gasteiger partial charge in [0.25, 0.3) is 0 Å². The van der Waals surface area contributed by atoms with E-state index in [1.54, 1.807) is 0 Å². The minimum absolute atomic E-state index is 0.162. The van der Waals surface area contributed by atoms with Crippen molar-refractivity contribution >= 4 is 16.9 Å². The summed E-state index contributed by atoms with van der Waals surface area (Å²) in [6.07, 6.45) is 2.03. The SMILES string of the molecule is CC(C)(C)CC(C)(C)c1ccc(OCCCSC(=N)N)cc1. The van der Waals surface area contributed by atoms with Crippen molar-refractivity contribution in [3.63, 3.8) is 0 Å². The van der Waals surface area contributed by atoms with Crippen molar-refractivity contribution in [1.82, 2.24) is 0 Å². The largest absolute Gasteiger partial charge is 0.494 e. The Labute approximate surface area is 139 Å². The molecule has 0 aliphatic heterocycles. The van der Waals surface area contributed by atoms with Crippen LogP contribution in [0.4, 0.5) is 0 Å². The molecule has 0 aliphatic carbocycles. The van der Waals surface area contributed by atoms with Crippen molar-refractivity contribution < 1.29 is 4.74 Å². The van der Waals surface area contributed by atoms with E-state index < -0.39 is 0 Å². The fourth-order valence-corrected chi connectivity index (χ4v) is 3.34. The molecule has 0 amide bonds. The summed E-state index contributed by atoms with van der Waals surface area (Å²) >= 11 is 1.36. The van der Waals surface area contributed by atoms with Crippen LogP contribution in [0.15, 0.2) is 24.3 Å². The standard InChI is InChI=1S/C18H30N2OS/c1-17(2,3)13-18(4,5)14-7-9-15(10-8-14)21-11-6-12-22-16(19)20/h7-10H,6,11-13H2,1-5H3,(H3,19,20). The summed E-state index contributed by atoms with van der Waals surface area (Å²) in [5.41, 5.74) is 7.12. The maximum absolute atomic E-state index is 7.14. The Hall–Kier alpha value is -1.16. The van der Waals surface area contributed by atoms with Crippen LogP contribution in [0.3, 0.4) is 0 Å². The van der Waals surface area contributed by atoms with Crippen molar-refractivity contribution in [1.29, 1.82) is 5.41 Å². The number of hydrogen-bond acceptors (Lipinski definition) is 3. The topological polar surface area (TPSA) is 59.1 Å². The Morgan fingerprint density at radius 1 is 1.14 bits per heavy atom. The lowest BCUT2D eigenvalue weighted by molar-refractivity contribution is 0.283. The minimum atomic E-state index is 0.162. The van der Waals surface area contributed by atoms with E-state index >= 15 is 0 Å². The second-order valence-corrected chi connectivity index (χ2v) is 8.70. The quantitative estimate of drug-likeness (QED) is 0.431. The highest BCUT2D eigenvalue weighted by Gasteiger charge is 2.27. The normalized spacial score (nSPS) is 12.2. The monoisotopic (exact) mass is 322 g/mol. The Morgan fingerprint density at radius 3 is 2.23 bits per heavy atom. The molecule has 3 nitrogen and oxygen atoms in total. The Kier molecular flexibility index (Phi) is 6.79. The molecule has 0 radical (unpaired) electrons. The molecule has 0 unspecified atom stereocenters. The predicted octanol–water partition coefficient (Wildman–Crippen LogP) is 4.80. The van der Waals surface area contributed by atoms with E-state index in [0.29, 0.717) is 12.0 Å². The predicted molar refractivity (Wildman–Crippen MR) is 98.0 cm³/mol. The highest BCUT2D eigenvalue weighted by Crippen LogP contribution is 2.36. The molecule has 4 heteroatoms. The zero-order valence-corrected chi connectivity index (χ0v) is 15.3. The first-order chi connectivity index (χ1) is 10.1. The average molecular weight is 323 g/mol. The molecule has 1 rings (SSSR count). The summed E-state index contributed by atoms with van der Waals surface area (Å²) in [6, 6.07) is 8.45. The summed E-state index contributed by atoms with van der Waals surface area (Å²) in [4.78, 5) is 0. The second-order valence-electron chi connectivity index (χ2n) is 7.56. The van der Waals surface area contributed by atoms with Crippen LogP contribution in [0.2, 0.25) is 0 Å². The van der Waals surface area contributed by atoms with Crippen molar-refractivity contribution in [3.05, 3.63) is 29.8 Å². The van der Waals surface area contributed by atoms with Gasteiger partial charge >= 0.3 is 0 Å². The first-order valence-corrected chi connectivity index (χ1v) is 8.79. The summed E-state index contributed by atoms with van der Waals surface area (Å²) < 4.78 is 5.73. The lowest BCUT2D eigenvalue weighted by Gasteiger charge is -2.33. The molecule has 22 heavy (non-hydrogen) atoms. The third-order valence-corrected chi connectivity index (χ3v) is 4.23. The number of ether oxygens (including phenoxy) is 1. The molecule has 0 aromatic heterocycles. The number of amidine groups is 1. The van der Waals surface area contributed by atoms with Gasteiger partial charge in [0.1, 0.15) is 5.75 Å². The van der Waals surface area contributed by atoms with Gasteiger partial charge in [0.2, 0.25) is 0 Å². The van der Waals surface area contributed by atoms with Crippen LogP contribution in [0.25, 0.3) is 0 Å². The molecule has 1 aromatic rings. The Balaban J connectivity index is 2.50. The van der Waals surface area contributed by atoms with Gasteiger partial charge in [0.15, 0.2) is 5.17 Å². The number of nitrogens with two attached hydrogens (primary N) is 1. The van der Waals surface area contributed by atoms with Gasteiger partial charge in [0, 0.05) is 5.75 Å². The van der Waals surface area contributed by atoms with E-state index in [1.807, 2.05) is 0 Å². The molecule has 0 heterocycles. The average Bonchev–Trinajstić information content (AvgIpc) is 2.35. The molecule has 0 atom stereocenters. The Morgan fingerprint density at radius 2 is 1.73 bits per heavy atom. The van der Waals surface area contributed by atoms with Gasteiger partial charge in [0.05, 0.1) is 6.61 Å². The van der Waals surface area contributed by atoms with Gasteiger partial charge < -0.3 is 10.5 Å². The number of rotatable bonds is 7. The lowest BCUT2D eigenvalue weighted by atomic mass is 9.72. The first-order valence-electron chi connectivity index (χ1n) is 7.80. The van der Waals surface area contributed by atoms with Crippen molar-refractivity contribution in [3.8, 4) is 5.75 Å². The molecule has 3 N–H and O–H groups in total. The number of hydrogen-bond donors (Lipinski definition) is 2. The molecule has 0 fully saturated rings. The van der Waals surface area contributed by atoms with Crippen LogP contribution in [0, 0.1) is 10.8 Å². The number of benzene rings is 1. The van der Waals surface area contributed by atoms with Crippen LogP contribution >= 0.6 is 11.8 Å². The smallest absolute Gasteiger partial charge is 0.151 e. The molecular weight excluding hydrogens is 292 g/mol. The third kappa shape index (κ3) is 7.21. The van der Waals surface area contributed by atoms with Crippen molar-refractivity contribution in [2.45, 2.75) is 52.9 Å². The zero-order valence-electron chi connectivity index (χ0n) is 14.5. The van der Waals surface area contributed by atoms with Gasteiger partial charge in [-0.05, 0) is 41.4 Å². The van der Waals surface area contributed by atoms with E-state index in [9.17, 15) is 0 Å². The fourth-order valence-electron chi connectivity index (χ4n) is 2.86. The maximum atomic E-state index is 7.14. The molecule has 124 valence electrons. The van der Waals surface area contributed by atoms with Crippen LogP contribution in [-0.4, -0.2) is 17.5 Å². The van der Waals surface area contributed by atoms with Crippen LogP contribution < -0.4 is 10.5 Å². The van der Waals surface area contributed by atoms with E-state index in [2.05, 4.69) is 58.9 Å². The van der Waals surface area contributed by atoms with Crippen LogP contribution in [-0.2, 0) is 5.41 Å². The van der Waals surface area contributed by atoms with E-state index in [0.717, 1.165) is 24.3 Å². The molecule has 0 aliphatic rings. The lowest BCUT2D eigenvalue weighted by Crippen LogP contribution is -2.24. The fraction of sp³-hybridized carbons (Fsp3) is 0.611. The molecule has 0 bridgehead atoms. The van der Waals surface area contributed by atoms with Gasteiger partial charge in [-0.15, -0.1) is 0 Å². The van der Waals surface area contributed by atoms with Gasteiger partial charge in [-0.25, -0.2) is 0 Å². The van der Waals surface area contributed by atoms with Gasteiger partial charge in [-0.3, -0.25) is 5.41 Å². The molecule has 0 saturated carbocycles. The van der Waals surface area contributed by atoms with Crippen molar-refractivity contribution in [2.75, 3.05) is 12.4 Å². The van der Waals surface area contributed by atoms with Gasteiger partial charge in [-0.2, -0.15) is 0 Å². The summed E-state index contributed by atoms with van der Waals surface area (Å²) in [5.74, 6) is 1.73. The van der Waals surface area contributed by atoms with Gasteiger partial charge in [-0.1, -0.05) is 58.5 Å². The summed E-state index contributed by atoms with van der Waals surface area (Å²) in [6.45, 7) is 12.1. The third-order valence-electron chi connectivity index (χ3n) is 3.42. The van der Waals surface area contributed by atoms with Crippen molar-refractivity contribution in [2.24, 2.45) is 11.1 Å². The summed E-state index contributed by atoms with van der Waals surface area (Å²) in [7, 11) is 0. The number of thioether (sulfide) groups is 1.